The van der Waals surface area contributed by atoms with Crippen molar-refractivity contribution in [3.63, 3.8) is 0 Å². The van der Waals surface area contributed by atoms with Gasteiger partial charge in [-0.25, -0.2) is 4.39 Å². The van der Waals surface area contributed by atoms with E-state index in [1.165, 1.54) is 12.1 Å². The molecule has 1 unspecified atom stereocenters. The Morgan fingerprint density at radius 1 is 1.43 bits per heavy atom. The Morgan fingerprint density at radius 2 is 2.14 bits per heavy atom. The minimum atomic E-state index is -4.11. The summed E-state index contributed by atoms with van der Waals surface area (Å²) in [6, 6.07) is 2.95. The second kappa shape index (κ2) is 5.98. The molecular formula is C13H17FN2O4S. The van der Waals surface area contributed by atoms with Gasteiger partial charge in [0.25, 0.3) is 0 Å². The van der Waals surface area contributed by atoms with Crippen molar-refractivity contribution in [3.05, 3.63) is 29.6 Å². The lowest BCUT2D eigenvalue weighted by atomic mass is 10.1. The third kappa shape index (κ3) is 3.51. The van der Waals surface area contributed by atoms with E-state index in [9.17, 15) is 17.6 Å². The van der Waals surface area contributed by atoms with Crippen LogP contribution in [0.25, 0.3) is 0 Å². The van der Waals surface area contributed by atoms with E-state index >= 15 is 0 Å². The van der Waals surface area contributed by atoms with Crippen molar-refractivity contribution < 1.29 is 22.7 Å². The summed E-state index contributed by atoms with van der Waals surface area (Å²) in [5, 5.41) is 9.13. The molecule has 1 heterocycles. The Labute approximate surface area is 122 Å². The number of aryl methyl sites for hydroxylation is 1. The molecule has 0 saturated carbocycles. The highest BCUT2D eigenvalue weighted by molar-refractivity contribution is 7.90. The van der Waals surface area contributed by atoms with Crippen LogP contribution in [0.15, 0.2) is 18.2 Å². The molecule has 1 atom stereocenters. The summed E-state index contributed by atoms with van der Waals surface area (Å²) in [6.45, 7) is 1.82. The Kier molecular flexibility index (Phi) is 4.48. The van der Waals surface area contributed by atoms with Crippen molar-refractivity contribution in [2.75, 3.05) is 11.3 Å². The molecule has 21 heavy (non-hydrogen) atoms. The number of carbonyl (C=O) groups is 1. The average molecular weight is 316 g/mol. The topological polar surface area (TPSA) is 86.7 Å². The van der Waals surface area contributed by atoms with Crippen LogP contribution in [0.1, 0.15) is 24.8 Å². The van der Waals surface area contributed by atoms with Gasteiger partial charge in [0.2, 0.25) is 0 Å². The molecule has 0 radical (unpaired) electrons. The van der Waals surface area contributed by atoms with E-state index in [2.05, 4.69) is 4.72 Å². The summed E-state index contributed by atoms with van der Waals surface area (Å²) in [4.78, 5) is 11.2. The van der Waals surface area contributed by atoms with Crippen LogP contribution in [0.3, 0.4) is 0 Å². The smallest absolute Gasteiger partial charge is 0.322 e. The highest BCUT2D eigenvalue weighted by Gasteiger charge is 2.37. The fourth-order valence-electron chi connectivity index (χ4n) is 2.35. The highest BCUT2D eigenvalue weighted by atomic mass is 32.2. The molecule has 1 aromatic carbocycles. The number of nitrogens with one attached hydrogen (secondary N) is 1. The van der Waals surface area contributed by atoms with E-state index in [-0.39, 0.29) is 18.7 Å². The van der Waals surface area contributed by atoms with E-state index in [1.54, 1.807) is 6.92 Å². The molecule has 1 saturated heterocycles. The Balaban J connectivity index is 2.28. The van der Waals surface area contributed by atoms with Gasteiger partial charge in [0.1, 0.15) is 11.9 Å². The van der Waals surface area contributed by atoms with Crippen LogP contribution in [-0.2, 0) is 15.0 Å². The largest absolute Gasteiger partial charge is 0.480 e. The zero-order chi connectivity index (χ0) is 15.6. The van der Waals surface area contributed by atoms with Crippen molar-refractivity contribution in [2.24, 2.45) is 0 Å². The number of aliphatic carboxylic acids is 1. The predicted octanol–water partition coefficient (Wildman–Crippen LogP) is 1.73. The van der Waals surface area contributed by atoms with Crippen LogP contribution >= 0.6 is 0 Å². The summed E-state index contributed by atoms with van der Waals surface area (Å²) >= 11 is 0. The zero-order valence-corrected chi connectivity index (χ0v) is 12.4. The molecule has 116 valence electrons. The normalized spacial score (nSPS) is 20.2. The number of hydrogen-bond donors (Lipinski definition) is 2. The number of carboxylic acid groups (broad SMARTS) is 1. The Morgan fingerprint density at radius 3 is 2.81 bits per heavy atom. The lowest BCUT2D eigenvalue weighted by Crippen LogP contribution is -2.50. The number of benzene rings is 1. The molecule has 2 rings (SSSR count). The lowest BCUT2D eigenvalue weighted by Gasteiger charge is -2.31. The van der Waals surface area contributed by atoms with Crippen molar-refractivity contribution in [1.82, 2.24) is 4.31 Å². The standard InChI is InChI=1S/C13H17FN2O4S/c1-9-5-6-10(14)11(8-9)15-21(19,20)16-7-3-2-4-12(16)13(17)18/h5-6,8,12,15H,2-4,7H2,1H3,(H,17,18). The molecule has 0 amide bonds. The van der Waals surface area contributed by atoms with Crippen molar-refractivity contribution >= 4 is 21.9 Å². The second-order valence-electron chi connectivity index (χ2n) is 5.05. The molecule has 0 bridgehead atoms. The average Bonchev–Trinajstić information content (AvgIpc) is 2.42. The number of nitrogens with zero attached hydrogens (tertiary/aromatic N) is 1. The molecule has 2 N–H and O–H groups in total. The minimum Gasteiger partial charge on any atom is -0.480 e. The SMILES string of the molecule is Cc1ccc(F)c(NS(=O)(=O)N2CCCCC2C(=O)O)c1. The summed E-state index contributed by atoms with van der Waals surface area (Å²) < 4.78 is 41.3. The Hall–Kier alpha value is -1.67. The molecule has 0 aromatic heterocycles. The van der Waals surface area contributed by atoms with Crippen LogP contribution in [0.2, 0.25) is 0 Å². The molecule has 0 aliphatic carbocycles. The van der Waals surface area contributed by atoms with Crippen LogP contribution in [0.5, 0.6) is 0 Å². The van der Waals surface area contributed by atoms with Gasteiger partial charge in [-0.15, -0.1) is 0 Å². The first kappa shape index (κ1) is 15.7. The minimum absolute atomic E-state index is 0.111. The number of piperidine rings is 1. The number of rotatable bonds is 4. The molecular weight excluding hydrogens is 299 g/mol. The molecule has 1 fully saturated rings. The fraction of sp³-hybridized carbons (Fsp3) is 0.462. The van der Waals surface area contributed by atoms with Crippen LogP contribution < -0.4 is 4.72 Å². The van der Waals surface area contributed by atoms with Crippen LogP contribution in [0.4, 0.5) is 10.1 Å². The maximum Gasteiger partial charge on any atom is 0.322 e. The maximum atomic E-state index is 13.7. The summed E-state index contributed by atoms with van der Waals surface area (Å²) in [5.74, 6) is -1.89. The van der Waals surface area contributed by atoms with E-state index in [1.807, 2.05) is 0 Å². The van der Waals surface area contributed by atoms with Crippen LogP contribution in [-0.4, -0.2) is 36.4 Å². The third-order valence-corrected chi connectivity index (χ3v) is 4.94. The third-order valence-electron chi connectivity index (χ3n) is 3.41. The Bertz CT molecular complexity index is 648. The van der Waals surface area contributed by atoms with Crippen molar-refractivity contribution in [3.8, 4) is 0 Å². The molecule has 1 aromatic rings. The summed E-state index contributed by atoms with van der Waals surface area (Å²) in [6.07, 6.45) is 1.50. The number of anilines is 1. The fourth-order valence-corrected chi connectivity index (χ4v) is 3.81. The van der Waals surface area contributed by atoms with E-state index in [4.69, 9.17) is 5.11 Å². The first-order valence-corrected chi connectivity index (χ1v) is 8.04. The van der Waals surface area contributed by atoms with E-state index in [0.717, 1.165) is 10.4 Å². The molecule has 8 heteroatoms. The van der Waals surface area contributed by atoms with Crippen molar-refractivity contribution in [2.45, 2.75) is 32.2 Å². The van der Waals surface area contributed by atoms with Gasteiger partial charge in [0.15, 0.2) is 0 Å². The highest BCUT2D eigenvalue weighted by Crippen LogP contribution is 2.24. The quantitative estimate of drug-likeness (QED) is 0.885. The molecule has 6 nitrogen and oxygen atoms in total. The van der Waals surface area contributed by atoms with Gasteiger partial charge in [-0.1, -0.05) is 6.07 Å². The van der Waals surface area contributed by atoms with Gasteiger partial charge in [-0.3, -0.25) is 9.52 Å². The molecule has 1 aliphatic rings. The summed E-state index contributed by atoms with van der Waals surface area (Å²) in [5.41, 5.74) is 0.521. The van der Waals surface area contributed by atoms with Crippen molar-refractivity contribution in [1.29, 1.82) is 0 Å². The lowest BCUT2D eigenvalue weighted by molar-refractivity contribution is -0.142. The molecule has 0 spiro atoms. The van der Waals surface area contributed by atoms with Crippen LogP contribution in [0, 0.1) is 12.7 Å². The maximum absolute atomic E-state index is 13.7. The van der Waals surface area contributed by atoms with Gasteiger partial charge in [-0.05, 0) is 43.9 Å². The number of halogens is 1. The van der Waals surface area contributed by atoms with Gasteiger partial charge in [0, 0.05) is 6.54 Å². The van der Waals surface area contributed by atoms with Gasteiger partial charge < -0.3 is 5.11 Å². The first-order chi connectivity index (χ1) is 9.81. The first-order valence-electron chi connectivity index (χ1n) is 6.60. The van der Waals surface area contributed by atoms with E-state index < -0.39 is 28.0 Å². The van der Waals surface area contributed by atoms with Gasteiger partial charge >= 0.3 is 16.2 Å². The number of hydrogen-bond acceptors (Lipinski definition) is 3. The summed E-state index contributed by atoms with van der Waals surface area (Å²) in [7, 11) is -4.11. The van der Waals surface area contributed by atoms with Gasteiger partial charge in [-0.2, -0.15) is 12.7 Å². The molecule has 1 aliphatic heterocycles. The predicted molar refractivity (Wildman–Crippen MR) is 75.7 cm³/mol. The second-order valence-corrected chi connectivity index (χ2v) is 6.67. The monoisotopic (exact) mass is 316 g/mol. The zero-order valence-electron chi connectivity index (χ0n) is 11.5. The van der Waals surface area contributed by atoms with E-state index in [0.29, 0.717) is 18.4 Å². The number of carboxylic acids is 1. The van der Waals surface area contributed by atoms with Gasteiger partial charge in [0.05, 0.1) is 5.69 Å².